The van der Waals surface area contributed by atoms with Gasteiger partial charge in [0.05, 0.1) is 38.6 Å². The van der Waals surface area contributed by atoms with Gasteiger partial charge in [-0.15, -0.1) is 0 Å². The Bertz CT molecular complexity index is 2200. The summed E-state index contributed by atoms with van der Waals surface area (Å²) in [5.74, 6) is -0.282. The lowest BCUT2D eigenvalue weighted by Gasteiger charge is -2.48. The molecule has 3 rings (SSSR count). The van der Waals surface area contributed by atoms with Crippen molar-refractivity contribution in [1.29, 1.82) is 0 Å². The number of allylic oxidation sites excluding steroid dienone is 7. The Hall–Kier alpha value is -2.25. The van der Waals surface area contributed by atoms with Crippen LogP contribution in [0.5, 0.6) is 0 Å². The highest BCUT2D eigenvalue weighted by Crippen LogP contribution is 2.34. The van der Waals surface area contributed by atoms with Gasteiger partial charge >= 0.3 is 0 Å². The van der Waals surface area contributed by atoms with E-state index >= 15 is 0 Å². The molecule has 658 valence electrons. The minimum absolute atomic E-state index is 0.236. The van der Waals surface area contributed by atoms with Crippen LogP contribution in [-0.4, -0.2) is 193 Å². The Morgan fingerprint density at radius 1 is 0.312 bits per heavy atom. The van der Waals surface area contributed by atoms with Crippen molar-refractivity contribution >= 4 is 5.91 Å². The first-order chi connectivity index (χ1) is 54.8. The van der Waals surface area contributed by atoms with Gasteiger partial charge in [-0.25, -0.2) is 0 Å². The lowest BCUT2D eigenvalue weighted by atomic mass is 9.96. The number of hydrogen-bond acceptors (Lipinski definition) is 18. The standard InChI is InChI=1S/C93H173NO18/c1-3-5-7-9-11-13-15-17-19-21-23-25-27-29-31-33-34-35-36-37-38-39-40-41-42-43-45-47-49-51-53-55-57-59-61-63-65-67-69-71-81(99)94-76(77(98)70-68-66-64-62-60-58-56-54-52-50-48-46-44-32-30-28-26-24-22-20-18-16-14-12-10-8-6-4-2)75-107-91-87(105)84(102)89(79(73-96)109-91)112-93-88(106)85(103)90(80(74-97)110-93)111-92-86(104)83(101)82(100)78(72-95)108-92/h21,23,52,54,60,62,68,70,76-80,82-93,95-98,100-106H,3-20,22,24-51,53,55-59,61,63-67,69,71-75H2,1-2H3,(H,94,99)/b23-21-,54-52+,62-60+,70-68+. The Labute approximate surface area is 682 Å². The average molecular weight is 1590 g/mol. The van der Waals surface area contributed by atoms with E-state index in [2.05, 4.69) is 55.6 Å². The summed E-state index contributed by atoms with van der Waals surface area (Å²) >= 11 is 0. The maximum absolute atomic E-state index is 13.5. The molecule has 19 heteroatoms. The lowest BCUT2D eigenvalue weighted by Crippen LogP contribution is -2.66. The van der Waals surface area contributed by atoms with E-state index in [0.717, 1.165) is 44.9 Å². The van der Waals surface area contributed by atoms with Gasteiger partial charge in [-0.05, 0) is 70.6 Å². The van der Waals surface area contributed by atoms with Crippen molar-refractivity contribution < 1.29 is 89.4 Å². The molecule has 0 saturated carbocycles. The van der Waals surface area contributed by atoms with Gasteiger partial charge < -0.3 is 89.9 Å². The molecule has 17 atom stereocenters. The Balaban J connectivity index is 1.31. The highest BCUT2D eigenvalue weighted by Gasteiger charge is 2.54. The quantitative estimate of drug-likeness (QED) is 0.0199. The minimum Gasteiger partial charge on any atom is -0.394 e. The van der Waals surface area contributed by atoms with Crippen LogP contribution in [-0.2, 0) is 33.2 Å². The van der Waals surface area contributed by atoms with E-state index in [4.69, 9.17) is 28.4 Å². The largest absolute Gasteiger partial charge is 0.394 e. The molecular weight excluding hydrogens is 1420 g/mol. The number of hydrogen-bond donors (Lipinski definition) is 12. The number of unbranched alkanes of at least 4 members (excludes halogenated alkanes) is 55. The van der Waals surface area contributed by atoms with E-state index in [9.17, 15) is 61.0 Å². The maximum Gasteiger partial charge on any atom is 0.220 e. The van der Waals surface area contributed by atoms with Crippen LogP contribution < -0.4 is 5.32 Å². The van der Waals surface area contributed by atoms with Gasteiger partial charge in [-0.2, -0.15) is 0 Å². The van der Waals surface area contributed by atoms with Gasteiger partial charge in [0.2, 0.25) is 5.91 Å². The van der Waals surface area contributed by atoms with Crippen molar-refractivity contribution in [2.45, 2.75) is 510 Å². The molecule has 1 amide bonds. The summed E-state index contributed by atoms with van der Waals surface area (Å²) in [5.41, 5.74) is 0. The van der Waals surface area contributed by atoms with Crippen LogP contribution in [0.15, 0.2) is 48.6 Å². The highest BCUT2D eigenvalue weighted by molar-refractivity contribution is 5.76. The summed E-state index contributed by atoms with van der Waals surface area (Å²) < 4.78 is 34.5. The molecule has 0 bridgehead atoms. The summed E-state index contributed by atoms with van der Waals surface area (Å²) in [5, 5.41) is 121. The Morgan fingerprint density at radius 3 is 0.893 bits per heavy atom. The summed E-state index contributed by atoms with van der Waals surface area (Å²) in [6.07, 6.45) is 68.6. The van der Waals surface area contributed by atoms with E-state index in [1.165, 1.54) is 327 Å². The van der Waals surface area contributed by atoms with Gasteiger partial charge in [-0.3, -0.25) is 4.79 Å². The van der Waals surface area contributed by atoms with Crippen LogP contribution in [0.25, 0.3) is 0 Å². The minimum atomic E-state index is -1.98. The van der Waals surface area contributed by atoms with Crippen LogP contribution >= 0.6 is 0 Å². The fraction of sp³-hybridized carbons (Fsp3) is 0.903. The number of aliphatic hydroxyl groups excluding tert-OH is 11. The molecule has 0 aromatic heterocycles. The van der Waals surface area contributed by atoms with Crippen molar-refractivity contribution in [2.75, 3.05) is 26.4 Å². The zero-order chi connectivity index (χ0) is 81.0. The van der Waals surface area contributed by atoms with E-state index in [1.807, 2.05) is 6.08 Å². The summed E-state index contributed by atoms with van der Waals surface area (Å²) in [6, 6.07) is -0.998. The van der Waals surface area contributed by atoms with Crippen LogP contribution in [0.1, 0.15) is 406 Å². The molecular formula is C93H173NO18. The van der Waals surface area contributed by atoms with Gasteiger partial charge in [0.15, 0.2) is 18.9 Å². The molecule has 0 aromatic carbocycles. The van der Waals surface area contributed by atoms with Crippen molar-refractivity contribution in [3.63, 3.8) is 0 Å². The number of aliphatic hydroxyl groups is 11. The second-order valence-corrected chi connectivity index (χ2v) is 33.5. The number of amides is 1. The fourth-order valence-corrected chi connectivity index (χ4v) is 15.9. The topological polar surface area (TPSA) is 307 Å². The third-order valence-electron chi connectivity index (χ3n) is 23.3. The first-order valence-electron chi connectivity index (χ1n) is 46.9. The lowest BCUT2D eigenvalue weighted by molar-refractivity contribution is -0.379. The smallest absolute Gasteiger partial charge is 0.220 e. The van der Waals surface area contributed by atoms with Gasteiger partial charge in [0.1, 0.15) is 73.2 Å². The SMILES string of the molecule is CCCCCCCCCC/C=C\CCCCCCCCCCCCCCCCCCCCCCCCCCCCCC(=O)NC(COC1OC(CO)C(OC2OC(CO)C(OC3OC(CO)C(O)C(O)C3O)C(O)C2O)C(O)C1O)C(O)/C=C/CC/C=C/CC/C=C/CCCCCCCCCCCCCCCCCCCC. The highest BCUT2D eigenvalue weighted by atomic mass is 16.8. The Kier molecular flexibility index (Phi) is 67.5. The molecule has 0 aliphatic carbocycles. The third-order valence-corrected chi connectivity index (χ3v) is 23.3. The molecule has 0 aromatic rings. The zero-order valence-electron chi connectivity index (χ0n) is 71.2. The van der Waals surface area contributed by atoms with E-state index < -0.39 is 124 Å². The van der Waals surface area contributed by atoms with Crippen molar-refractivity contribution in [2.24, 2.45) is 0 Å². The predicted octanol–water partition coefficient (Wildman–Crippen LogP) is 18.4. The van der Waals surface area contributed by atoms with Gasteiger partial charge in [0.25, 0.3) is 0 Å². The molecule has 3 fully saturated rings. The van der Waals surface area contributed by atoms with Crippen LogP contribution in [0.4, 0.5) is 0 Å². The molecule has 3 aliphatic rings. The first-order valence-corrected chi connectivity index (χ1v) is 46.9. The molecule has 12 N–H and O–H groups in total. The monoisotopic (exact) mass is 1590 g/mol. The maximum atomic E-state index is 13.5. The van der Waals surface area contributed by atoms with E-state index in [0.29, 0.717) is 12.8 Å². The number of ether oxygens (including phenoxy) is 6. The van der Waals surface area contributed by atoms with Crippen molar-refractivity contribution in [3.8, 4) is 0 Å². The number of carbonyl (C=O) groups excluding carboxylic acids is 1. The summed E-state index contributed by atoms with van der Waals surface area (Å²) in [4.78, 5) is 13.5. The van der Waals surface area contributed by atoms with Gasteiger partial charge in [-0.1, -0.05) is 377 Å². The molecule has 19 nitrogen and oxygen atoms in total. The number of carbonyl (C=O) groups is 1. The molecule has 3 aliphatic heterocycles. The van der Waals surface area contributed by atoms with E-state index in [-0.39, 0.29) is 18.9 Å². The zero-order valence-corrected chi connectivity index (χ0v) is 71.2. The molecule has 3 heterocycles. The molecule has 0 spiro atoms. The second-order valence-electron chi connectivity index (χ2n) is 33.5. The normalized spacial score (nSPS) is 25.1. The van der Waals surface area contributed by atoms with E-state index in [1.54, 1.807) is 6.08 Å². The molecule has 17 unspecified atom stereocenters. The summed E-state index contributed by atoms with van der Waals surface area (Å²) in [6.45, 7) is 1.78. The van der Waals surface area contributed by atoms with Crippen LogP contribution in [0, 0.1) is 0 Å². The van der Waals surface area contributed by atoms with Crippen molar-refractivity contribution in [1.82, 2.24) is 5.32 Å². The molecule has 3 saturated heterocycles. The predicted molar refractivity (Wildman–Crippen MR) is 452 cm³/mol. The Morgan fingerprint density at radius 2 is 0.571 bits per heavy atom. The third kappa shape index (κ3) is 50.6. The fourth-order valence-electron chi connectivity index (χ4n) is 15.9. The number of nitrogens with one attached hydrogen (secondary N) is 1. The second kappa shape index (κ2) is 72.7. The molecule has 0 radical (unpaired) electrons. The van der Waals surface area contributed by atoms with Gasteiger partial charge in [0, 0.05) is 6.42 Å². The number of rotatable bonds is 77. The van der Waals surface area contributed by atoms with Crippen molar-refractivity contribution in [3.05, 3.63) is 48.6 Å². The average Bonchev–Trinajstić information content (AvgIpc) is 0.780. The van der Waals surface area contributed by atoms with Crippen LogP contribution in [0.2, 0.25) is 0 Å². The first kappa shape index (κ1) is 104. The molecule has 112 heavy (non-hydrogen) atoms. The van der Waals surface area contributed by atoms with Crippen LogP contribution in [0.3, 0.4) is 0 Å². The summed E-state index contributed by atoms with van der Waals surface area (Å²) in [7, 11) is 0.